The normalized spacial score (nSPS) is 13.7. The summed E-state index contributed by atoms with van der Waals surface area (Å²) in [5.41, 5.74) is 2.21. The maximum Gasteiger partial charge on any atom is 0.125 e. The van der Waals surface area contributed by atoms with Gasteiger partial charge in [-0.05, 0) is 49.2 Å². The number of nitrogens with zero attached hydrogens (tertiary/aromatic N) is 1. The Bertz CT molecular complexity index is 609. The summed E-state index contributed by atoms with van der Waals surface area (Å²) in [5, 5.41) is 3.32. The van der Waals surface area contributed by atoms with E-state index in [1.54, 1.807) is 6.07 Å². The topological polar surface area (TPSA) is 28.4 Å². The summed E-state index contributed by atoms with van der Waals surface area (Å²) in [6.45, 7) is 5.52. The lowest BCUT2D eigenvalue weighted by Gasteiger charge is -2.17. The zero-order valence-electron chi connectivity index (χ0n) is 12.4. The molecule has 0 fully saturated rings. The quantitative estimate of drug-likeness (QED) is 0.825. The Morgan fingerprint density at radius 2 is 2.10 bits per heavy atom. The van der Waals surface area contributed by atoms with E-state index in [0.717, 1.165) is 49.7 Å². The van der Waals surface area contributed by atoms with E-state index in [0.29, 0.717) is 6.54 Å². The van der Waals surface area contributed by atoms with E-state index in [1.807, 2.05) is 18.2 Å². The third-order valence-corrected chi connectivity index (χ3v) is 3.83. The molecule has 112 valence electrons. The minimum atomic E-state index is -0.176. The Balaban J connectivity index is 1.64. The van der Waals surface area contributed by atoms with Crippen molar-refractivity contribution in [1.82, 2.24) is 5.32 Å². The van der Waals surface area contributed by atoms with Gasteiger partial charge < -0.3 is 14.6 Å². The van der Waals surface area contributed by atoms with Crippen LogP contribution in [0, 0.1) is 5.82 Å². The molecule has 0 spiro atoms. The maximum absolute atomic E-state index is 13.4. The van der Waals surface area contributed by atoms with Gasteiger partial charge >= 0.3 is 0 Å². The number of nitrogens with one attached hydrogen (secondary N) is 1. The highest BCUT2D eigenvalue weighted by molar-refractivity contribution is 5.58. The van der Waals surface area contributed by atoms with Crippen LogP contribution in [0.3, 0.4) is 0 Å². The standard InChI is InChI=1S/C17H21FN2O/c1-2-8-19-11-15-5-6-16(21-15)12-20-9-7-13-3-4-14(18)10-17(13)20/h3-6,10,19H,2,7-9,11-12H2,1H3. The molecule has 2 aromatic rings. The van der Waals surface area contributed by atoms with Gasteiger partial charge in [0.2, 0.25) is 0 Å². The van der Waals surface area contributed by atoms with Gasteiger partial charge in [0.05, 0.1) is 13.1 Å². The molecule has 1 aromatic heterocycles. The van der Waals surface area contributed by atoms with Crippen LogP contribution in [0.4, 0.5) is 10.1 Å². The predicted molar refractivity (Wildman–Crippen MR) is 81.9 cm³/mol. The SMILES string of the molecule is CCCNCc1ccc(CN2CCc3ccc(F)cc32)o1. The molecule has 1 N–H and O–H groups in total. The van der Waals surface area contributed by atoms with E-state index in [4.69, 9.17) is 4.42 Å². The summed E-state index contributed by atoms with van der Waals surface area (Å²) in [5.74, 6) is 1.71. The van der Waals surface area contributed by atoms with Crippen molar-refractivity contribution in [2.75, 3.05) is 18.0 Å². The van der Waals surface area contributed by atoms with Gasteiger partial charge in [-0.3, -0.25) is 0 Å². The minimum Gasteiger partial charge on any atom is -0.463 e. The third kappa shape index (κ3) is 3.27. The number of halogens is 1. The molecule has 0 aliphatic carbocycles. The smallest absolute Gasteiger partial charge is 0.125 e. The van der Waals surface area contributed by atoms with Gasteiger partial charge in [0.1, 0.15) is 17.3 Å². The summed E-state index contributed by atoms with van der Waals surface area (Å²) in [6.07, 6.45) is 2.09. The van der Waals surface area contributed by atoms with Gasteiger partial charge in [0.15, 0.2) is 0 Å². The van der Waals surface area contributed by atoms with Crippen molar-refractivity contribution in [2.24, 2.45) is 0 Å². The fraction of sp³-hybridized carbons (Fsp3) is 0.412. The summed E-state index contributed by atoms with van der Waals surface area (Å²) >= 11 is 0. The highest BCUT2D eigenvalue weighted by Crippen LogP contribution is 2.30. The van der Waals surface area contributed by atoms with E-state index in [2.05, 4.69) is 17.1 Å². The van der Waals surface area contributed by atoms with Gasteiger partial charge in [-0.1, -0.05) is 13.0 Å². The second-order valence-electron chi connectivity index (χ2n) is 5.49. The Kier molecular flexibility index (Phi) is 4.25. The van der Waals surface area contributed by atoms with Crippen LogP contribution in [0.1, 0.15) is 30.4 Å². The fourth-order valence-corrected chi connectivity index (χ4v) is 2.76. The van der Waals surface area contributed by atoms with Crippen molar-refractivity contribution in [3.63, 3.8) is 0 Å². The van der Waals surface area contributed by atoms with Gasteiger partial charge in [-0.25, -0.2) is 4.39 Å². The second kappa shape index (κ2) is 6.31. The van der Waals surface area contributed by atoms with Crippen molar-refractivity contribution in [2.45, 2.75) is 32.9 Å². The van der Waals surface area contributed by atoms with E-state index in [-0.39, 0.29) is 5.82 Å². The highest BCUT2D eigenvalue weighted by atomic mass is 19.1. The van der Waals surface area contributed by atoms with Crippen molar-refractivity contribution < 1.29 is 8.81 Å². The average Bonchev–Trinajstić information content (AvgIpc) is 3.07. The zero-order valence-corrected chi connectivity index (χ0v) is 12.4. The predicted octanol–water partition coefficient (Wildman–Crippen LogP) is 3.48. The molecule has 1 aliphatic heterocycles. The fourth-order valence-electron chi connectivity index (χ4n) is 2.76. The molecule has 21 heavy (non-hydrogen) atoms. The first kappa shape index (κ1) is 14.1. The van der Waals surface area contributed by atoms with E-state index in [1.165, 1.54) is 11.6 Å². The van der Waals surface area contributed by atoms with Crippen LogP contribution in [0.5, 0.6) is 0 Å². The number of rotatable bonds is 6. The lowest BCUT2D eigenvalue weighted by Crippen LogP contribution is -2.19. The Hall–Kier alpha value is -1.81. The number of hydrogen-bond donors (Lipinski definition) is 1. The average molecular weight is 288 g/mol. The van der Waals surface area contributed by atoms with Crippen LogP contribution in [0.15, 0.2) is 34.7 Å². The van der Waals surface area contributed by atoms with Crippen LogP contribution in [0.2, 0.25) is 0 Å². The van der Waals surface area contributed by atoms with E-state index in [9.17, 15) is 4.39 Å². The van der Waals surface area contributed by atoms with Gasteiger partial charge in [-0.15, -0.1) is 0 Å². The first-order chi connectivity index (χ1) is 10.3. The monoisotopic (exact) mass is 288 g/mol. The molecule has 1 aliphatic rings. The molecule has 1 aromatic carbocycles. The Labute approximate surface area is 124 Å². The molecule has 0 atom stereocenters. The summed E-state index contributed by atoms with van der Waals surface area (Å²) in [4.78, 5) is 2.18. The van der Waals surface area contributed by atoms with Crippen LogP contribution >= 0.6 is 0 Å². The molecule has 0 saturated carbocycles. The molecule has 4 heteroatoms. The van der Waals surface area contributed by atoms with E-state index >= 15 is 0 Å². The summed E-state index contributed by atoms with van der Waals surface area (Å²) in [6, 6.07) is 9.06. The number of benzene rings is 1. The molecule has 0 unspecified atom stereocenters. The Morgan fingerprint density at radius 1 is 1.24 bits per heavy atom. The zero-order chi connectivity index (χ0) is 14.7. The van der Waals surface area contributed by atoms with E-state index < -0.39 is 0 Å². The maximum atomic E-state index is 13.4. The highest BCUT2D eigenvalue weighted by Gasteiger charge is 2.20. The largest absolute Gasteiger partial charge is 0.463 e. The van der Waals surface area contributed by atoms with Crippen LogP contribution < -0.4 is 10.2 Å². The summed E-state index contributed by atoms with van der Waals surface area (Å²) < 4.78 is 19.2. The molecule has 0 radical (unpaired) electrons. The molecule has 3 rings (SSSR count). The van der Waals surface area contributed by atoms with Crippen molar-refractivity contribution in [3.05, 3.63) is 53.2 Å². The van der Waals surface area contributed by atoms with Crippen molar-refractivity contribution in [3.8, 4) is 0 Å². The lowest BCUT2D eigenvalue weighted by atomic mass is 10.2. The second-order valence-corrected chi connectivity index (χ2v) is 5.49. The van der Waals surface area contributed by atoms with Crippen LogP contribution in [-0.2, 0) is 19.5 Å². The summed E-state index contributed by atoms with van der Waals surface area (Å²) in [7, 11) is 0. The molecule has 0 bridgehead atoms. The first-order valence-electron chi connectivity index (χ1n) is 7.58. The number of anilines is 1. The molecule has 3 nitrogen and oxygen atoms in total. The molecular weight excluding hydrogens is 267 g/mol. The molecule has 0 saturated heterocycles. The van der Waals surface area contributed by atoms with Crippen LogP contribution in [0.25, 0.3) is 0 Å². The van der Waals surface area contributed by atoms with Gasteiger partial charge in [0, 0.05) is 12.2 Å². The molecular formula is C17H21FN2O. The van der Waals surface area contributed by atoms with Gasteiger partial charge in [0.25, 0.3) is 0 Å². The number of fused-ring (bicyclic) bond motifs is 1. The number of furan rings is 1. The number of hydrogen-bond acceptors (Lipinski definition) is 3. The van der Waals surface area contributed by atoms with Crippen LogP contribution in [-0.4, -0.2) is 13.1 Å². The Morgan fingerprint density at radius 3 is 2.95 bits per heavy atom. The van der Waals surface area contributed by atoms with Crippen molar-refractivity contribution >= 4 is 5.69 Å². The molecule has 2 heterocycles. The van der Waals surface area contributed by atoms with Crippen molar-refractivity contribution in [1.29, 1.82) is 0 Å². The minimum absolute atomic E-state index is 0.176. The third-order valence-electron chi connectivity index (χ3n) is 3.83. The lowest BCUT2D eigenvalue weighted by molar-refractivity contribution is 0.444. The molecule has 0 amide bonds. The van der Waals surface area contributed by atoms with Gasteiger partial charge in [-0.2, -0.15) is 0 Å². The first-order valence-corrected chi connectivity index (χ1v) is 7.58.